The molecule has 5 heteroatoms. The fourth-order valence-electron chi connectivity index (χ4n) is 1.70. The molecule has 0 aliphatic heterocycles. The monoisotopic (exact) mass is 267 g/mol. The highest BCUT2D eigenvalue weighted by atomic mass is 35.5. The smallest absolute Gasteiger partial charge is 0.147 e. The zero-order chi connectivity index (χ0) is 11.2. The van der Waals surface area contributed by atoms with Crippen molar-refractivity contribution in [2.45, 2.75) is 19.4 Å². The van der Waals surface area contributed by atoms with Crippen molar-refractivity contribution in [3.8, 4) is 0 Å². The van der Waals surface area contributed by atoms with Crippen LogP contribution in [0.15, 0.2) is 24.3 Å². The molecule has 2 rings (SSSR count). The van der Waals surface area contributed by atoms with Crippen LogP contribution in [0.25, 0.3) is 10.1 Å². The van der Waals surface area contributed by atoms with Gasteiger partial charge in [0.05, 0.1) is 10.5 Å². The van der Waals surface area contributed by atoms with Gasteiger partial charge in [-0.05, 0) is 18.6 Å². The van der Waals surface area contributed by atoms with Crippen LogP contribution in [-0.2, 0) is 5.51 Å². The summed E-state index contributed by atoms with van der Waals surface area (Å²) in [6.07, 6.45) is 0. The predicted molar refractivity (Wildman–Crippen MR) is 64.4 cm³/mol. The maximum absolute atomic E-state index is 12.8. The summed E-state index contributed by atoms with van der Waals surface area (Å²) in [5.74, 6) is 0. The molecule has 0 bridgehead atoms. The van der Waals surface area contributed by atoms with Crippen LogP contribution in [0.4, 0.5) is 13.2 Å². The fourth-order valence-corrected chi connectivity index (χ4v) is 3.57. The number of alkyl halides is 3. The topological polar surface area (TPSA) is 0 Å². The van der Waals surface area contributed by atoms with Gasteiger partial charge in [-0.15, -0.1) is 25.6 Å². The molecule has 0 saturated carbocycles. The maximum Gasteiger partial charge on any atom is 0.600 e. The molecule has 0 radical (unpaired) electrons. The number of aryl methyl sites for hydroxylation is 2. The zero-order valence-electron chi connectivity index (χ0n) is 8.76. The van der Waals surface area contributed by atoms with Gasteiger partial charge in [-0.1, -0.05) is 6.07 Å². The number of halogens is 4. The lowest BCUT2D eigenvalue weighted by Crippen LogP contribution is -1.96. The first-order valence-electron chi connectivity index (χ1n) is 4.49. The Morgan fingerprint density at radius 1 is 1.06 bits per heavy atom. The fraction of sp³-hybridized carbons (Fsp3) is 0.273. The third-order valence-corrected chi connectivity index (χ3v) is 4.32. The average Bonchev–Trinajstić information content (AvgIpc) is 2.38. The van der Waals surface area contributed by atoms with Crippen LogP contribution in [0.2, 0.25) is 0 Å². The van der Waals surface area contributed by atoms with Gasteiger partial charge in [-0.2, -0.15) is 0 Å². The minimum absolute atomic E-state index is 0. The van der Waals surface area contributed by atoms with Crippen molar-refractivity contribution in [3.63, 3.8) is 0 Å². The van der Waals surface area contributed by atoms with Crippen molar-refractivity contribution in [1.82, 2.24) is 0 Å². The van der Waals surface area contributed by atoms with Gasteiger partial charge in [0.15, 0.2) is 9.58 Å². The Kier molecular flexibility index (Phi) is 3.55. The van der Waals surface area contributed by atoms with E-state index in [1.54, 1.807) is 25.1 Å². The molecule has 0 aliphatic carbocycles. The minimum Gasteiger partial charge on any atom is -0.147 e. The van der Waals surface area contributed by atoms with E-state index in [2.05, 4.69) is 0 Å². The van der Waals surface area contributed by atoms with Gasteiger partial charge in [0.2, 0.25) is 0 Å². The highest BCUT2D eigenvalue weighted by molar-refractivity contribution is 7.38. The van der Waals surface area contributed by atoms with Gasteiger partial charge >= 0.3 is 5.51 Å². The number of thiophene rings is 1. The van der Waals surface area contributed by atoms with E-state index in [9.17, 15) is 13.2 Å². The molecule has 16 heavy (non-hydrogen) atoms. The van der Waals surface area contributed by atoms with E-state index < -0.39 is 16.0 Å². The lowest BCUT2D eigenvalue weighted by atomic mass is 10.2. The molecule has 88 valence electrons. The Balaban J connectivity index is 0.00000128. The van der Waals surface area contributed by atoms with Crippen LogP contribution in [0.1, 0.15) is 10.4 Å². The molecule has 2 aromatic rings. The third-order valence-electron chi connectivity index (χ3n) is 2.30. The van der Waals surface area contributed by atoms with Crippen LogP contribution in [0, 0.1) is 13.8 Å². The maximum atomic E-state index is 12.8. The van der Waals surface area contributed by atoms with E-state index in [0.717, 1.165) is 5.56 Å². The first-order chi connectivity index (χ1) is 6.89. The highest BCUT2D eigenvalue weighted by Gasteiger charge is 2.46. The summed E-state index contributed by atoms with van der Waals surface area (Å²) in [6, 6.07) is 6.86. The second-order valence-electron chi connectivity index (χ2n) is 3.55. The molecule has 0 aliphatic rings. The minimum atomic E-state index is -4.15. The molecule has 1 heterocycles. The summed E-state index contributed by atoms with van der Waals surface area (Å²) in [5.41, 5.74) is -3.28. The van der Waals surface area contributed by atoms with Gasteiger partial charge in [0.1, 0.15) is 0 Å². The van der Waals surface area contributed by atoms with E-state index in [-0.39, 0.29) is 12.4 Å². The first kappa shape index (κ1) is 13.3. The van der Waals surface area contributed by atoms with Gasteiger partial charge in [-0.25, -0.2) is 0 Å². The van der Waals surface area contributed by atoms with Crippen LogP contribution < -0.4 is 0 Å². The molecule has 0 fully saturated rings. The second kappa shape index (κ2) is 4.26. The first-order valence-corrected chi connectivity index (χ1v) is 5.72. The van der Waals surface area contributed by atoms with E-state index in [0.29, 0.717) is 15.0 Å². The van der Waals surface area contributed by atoms with Crippen LogP contribution in [-0.4, -0.2) is 0 Å². The Labute approximate surface area is 100 Å². The van der Waals surface area contributed by atoms with Crippen molar-refractivity contribution in [1.29, 1.82) is 0 Å². The lowest BCUT2D eigenvalue weighted by Gasteiger charge is -1.97. The van der Waals surface area contributed by atoms with Crippen molar-refractivity contribution in [2.24, 2.45) is 0 Å². The number of benzene rings is 1. The number of fused-ring (bicyclic) bond motifs is 1. The lowest BCUT2D eigenvalue weighted by molar-refractivity contribution is -0.0867. The molecule has 1 atom stereocenters. The van der Waals surface area contributed by atoms with Crippen LogP contribution in [0.3, 0.4) is 0 Å². The van der Waals surface area contributed by atoms with Crippen LogP contribution in [0.5, 0.6) is 0 Å². The van der Waals surface area contributed by atoms with E-state index in [1.165, 1.54) is 0 Å². The van der Waals surface area contributed by atoms with Crippen LogP contribution >= 0.6 is 22.9 Å². The molecule has 0 N–H and O–H groups in total. The average molecular weight is 268 g/mol. The Hall–Kier alpha value is -0.740. The third kappa shape index (κ3) is 2.18. The molecule has 0 amide bonds. The van der Waals surface area contributed by atoms with Gasteiger partial charge in [0, 0.05) is 24.4 Å². The normalized spacial score (nSPS) is 12.7. The standard InChI is InChI=1S/C11H10F3S.ClH/c1-7-3-4-9-6-8(2)15(10(9)5-7)11(12,13)14;/h3-6H,1-2H3;1H/q+1;. The largest absolute Gasteiger partial charge is 0.600 e. The molecule has 0 spiro atoms. The van der Waals surface area contributed by atoms with Gasteiger partial charge in [0.25, 0.3) is 0 Å². The quantitative estimate of drug-likeness (QED) is 0.582. The summed E-state index contributed by atoms with van der Waals surface area (Å²) in [5, 5.41) is 0.707. The van der Waals surface area contributed by atoms with E-state index in [1.807, 2.05) is 13.0 Å². The Bertz CT molecular complexity index is 514. The van der Waals surface area contributed by atoms with Crippen molar-refractivity contribution < 1.29 is 13.2 Å². The van der Waals surface area contributed by atoms with E-state index >= 15 is 0 Å². The summed E-state index contributed by atoms with van der Waals surface area (Å²) >= 11 is 0. The van der Waals surface area contributed by atoms with Crippen molar-refractivity contribution in [2.75, 3.05) is 0 Å². The molecule has 1 aromatic carbocycles. The molecule has 1 aromatic heterocycles. The summed E-state index contributed by atoms with van der Waals surface area (Å²) in [4.78, 5) is 0.406. The zero-order valence-corrected chi connectivity index (χ0v) is 10.4. The molecule has 0 nitrogen and oxygen atoms in total. The van der Waals surface area contributed by atoms with Crippen molar-refractivity contribution >= 4 is 33.0 Å². The summed E-state index contributed by atoms with van der Waals surface area (Å²) in [6.45, 7) is 3.36. The highest BCUT2D eigenvalue weighted by Crippen LogP contribution is 2.50. The summed E-state index contributed by atoms with van der Waals surface area (Å²) in [7, 11) is -1.71. The predicted octanol–water partition coefficient (Wildman–Crippen LogP) is 5.10. The summed E-state index contributed by atoms with van der Waals surface area (Å²) < 4.78 is 38.8. The molecule has 1 unspecified atom stereocenters. The van der Waals surface area contributed by atoms with E-state index in [4.69, 9.17) is 0 Å². The number of hydrogen-bond donors (Lipinski definition) is 0. The molecular formula is C11H11ClF3S+. The number of rotatable bonds is 0. The van der Waals surface area contributed by atoms with Gasteiger partial charge < -0.3 is 0 Å². The molecular weight excluding hydrogens is 257 g/mol. The van der Waals surface area contributed by atoms with Gasteiger partial charge in [-0.3, -0.25) is 0 Å². The Morgan fingerprint density at radius 2 is 1.69 bits per heavy atom. The molecule has 0 saturated heterocycles. The van der Waals surface area contributed by atoms with Crippen molar-refractivity contribution in [3.05, 3.63) is 34.7 Å². The SMILES string of the molecule is Cc1ccc2cc(C)[s+](C(F)(F)F)c2c1.Cl. The second-order valence-corrected chi connectivity index (χ2v) is 5.71. The number of hydrogen-bond acceptors (Lipinski definition) is 0. The Morgan fingerprint density at radius 3 is 2.25 bits per heavy atom.